The lowest BCUT2D eigenvalue weighted by molar-refractivity contribution is 0.257. The number of hydrogen-bond donors (Lipinski definition) is 0. The van der Waals surface area contributed by atoms with Crippen molar-refractivity contribution in [3.05, 3.63) is 58.5 Å². The highest BCUT2D eigenvalue weighted by atomic mass is 79.9. The Bertz CT molecular complexity index is 807. The molecule has 7 heteroatoms. The fourth-order valence-electron chi connectivity index (χ4n) is 2.37. The summed E-state index contributed by atoms with van der Waals surface area (Å²) in [7, 11) is 3.66. The van der Waals surface area contributed by atoms with Crippen LogP contribution in [0.3, 0.4) is 0 Å². The second kappa shape index (κ2) is 7.55. The van der Waals surface area contributed by atoms with Gasteiger partial charge in [-0.15, -0.1) is 0 Å². The molecule has 0 saturated carbocycles. The molecule has 0 aliphatic heterocycles. The van der Waals surface area contributed by atoms with Crippen LogP contribution >= 0.6 is 15.9 Å². The van der Waals surface area contributed by atoms with Gasteiger partial charge in [-0.1, -0.05) is 27.2 Å². The fourth-order valence-corrected chi connectivity index (χ4v) is 2.77. The van der Waals surface area contributed by atoms with E-state index in [4.69, 9.17) is 9.26 Å². The molecule has 0 atom stereocenters. The van der Waals surface area contributed by atoms with E-state index in [1.807, 2.05) is 43.4 Å². The molecule has 0 radical (unpaired) electrons. The van der Waals surface area contributed by atoms with Crippen molar-refractivity contribution >= 4 is 15.9 Å². The Kier molecular flexibility index (Phi) is 5.22. The van der Waals surface area contributed by atoms with Crippen LogP contribution in [0.5, 0.6) is 5.75 Å². The first-order valence-corrected chi connectivity index (χ1v) is 8.20. The molecule has 24 heavy (non-hydrogen) atoms. The number of aromatic nitrogens is 3. The zero-order valence-corrected chi connectivity index (χ0v) is 15.0. The van der Waals surface area contributed by atoms with Crippen molar-refractivity contribution < 1.29 is 9.26 Å². The number of halogens is 1. The van der Waals surface area contributed by atoms with Crippen LogP contribution in [-0.2, 0) is 13.1 Å². The molecule has 3 aromatic rings. The van der Waals surface area contributed by atoms with Crippen LogP contribution < -0.4 is 4.74 Å². The fraction of sp³-hybridized carbons (Fsp3) is 0.235. The molecule has 0 bridgehead atoms. The Morgan fingerprint density at radius 2 is 2.08 bits per heavy atom. The average molecular weight is 389 g/mol. The third-order valence-electron chi connectivity index (χ3n) is 3.45. The first-order valence-electron chi connectivity index (χ1n) is 7.40. The molecule has 2 aromatic heterocycles. The van der Waals surface area contributed by atoms with Crippen LogP contribution in [0.25, 0.3) is 11.5 Å². The van der Waals surface area contributed by atoms with Gasteiger partial charge in [0, 0.05) is 22.8 Å². The number of hydrogen-bond acceptors (Lipinski definition) is 6. The number of benzene rings is 1. The van der Waals surface area contributed by atoms with Gasteiger partial charge < -0.3 is 9.26 Å². The van der Waals surface area contributed by atoms with E-state index in [0.717, 1.165) is 15.8 Å². The van der Waals surface area contributed by atoms with Crippen molar-refractivity contribution in [1.82, 2.24) is 20.0 Å². The maximum atomic E-state index is 5.41. The van der Waals surface area contributed by atoms with Crippen LogP contribution in [0, 0.1) is 0 Å². The number of ether oxygens (including phenoxy) is 1. The molecule has 0 aliphatic carbocycles. The van der Waals surface area contributed by atoms with Gasteiger partial charge in [0.2, 0.25) is 11.7 Å². The topological polar surface area (TPSA) is 64.3 Å². The highest BCUT2D eigenvalue weighted by molar-refractivity contribution is 9.10. The molecule has 0 amide bonds. The Balaban J connectivity index is 1.69. The van der Waals surface area contributed by atoms with Crippen LogP contribution in [-0.4, -0.2) is 34.2 Å². The molecule has 0 aliphatic rings. The monoisotopic (exact) mass is 388 g/mol. The summed E-state index contributed by atoms with van der Waals surface area (Å²) < 4.78 is 11.7. The van der Waals surface area contributed by atoms with E-state index >= 15 is 0 Å². The standard InChI is InChI=1S/C17H17BrN4O2/c1-22(10-12-9-13(18)6-7-15(12)23-2)11-16-20-17(21-24-16)14-5-3-4-8-19-14/h3-9H,10-11H2,1-2H3. The van der Waals surface area contributed by atoms with Crippen LogP contribution in [0.1, 0.15) is 11.5 Å². The Labute approximate surface area is 148 Å². The largest absolute Gasteiger partial charge is 0.496 e. The van der Waals surface area contributed by atoms with Crippen molar-refractivity contribution in [2.45, 2.75) is 13.1 Å². The van der Waals surface area contributed by atoms with E-state index in [2.05, 4.69) is 36.0 Å². The average Bonchev–Trinajstić information content (AvgIpc) is 3.04. The van der Waals surface area contributed by atoms with E-state index in [1.54, 1.807) is 13.3 Å². The molecule has 6 nitrogen and oxygen atoms in total. The maximum Gasteiger partial charge on any atom is 0.241 e. The van der Waals surface area contributed by atoms with Gasteiger partial charge in [-0.2, -0.15) is 4.98 Å². The molecule has 0 N–H and O–H groups in total. The van der Waals surface area contributed by atoms with Crippen molar-refractivity contribution in [3.8, 4) is 17.3 Å². The van der Waals surface area contributed by atoms with Gasteiger partial charge in [-0.25, -0.2) is 0 Å². The van der Waals surface area contributed by atoms with Crippen molar-refractivity contribution in [2.24, 2.45) is 0 Å². The predicted octanol–water partition coefficient (Wildman–Crippen LogP) is 3.53. The molecule has 0 unspecified atom stereocenters. The lowest BCUT2D eigenvalue weighted by atomic mass is 10.2. The smallest absolute Gasteiger partial charge is 0.241 e. The molecule has 2 heterocycles. The quantitative estimate of drug-likeness (QED) is 0.643. The summed E-state index contributed by atoms with van der Waals surface area (Å²) in [5, 5.41) is 3.99. The van der Waals surface area contributed by atoms with Gasteiger partial charge in [0.15, 0.2) is 0 Å². The lowest BCUT2D eigenvalue weighted by Gasteiger charge is -2.16. The van der Waals surface area contributed by atoms with E-state index < -0.39 is 0 Å². The SMILES string of the molecule is COc1ccc(Br)cc1CN(C)Cc1nc(-c2ccccn2)no1. The van der Waals surface area contributed by atoms with Crippen LogP contribution in [0.4, 0.5) is 0 Å². The van der Waals surface area contributed by atoms with Crippen LogP contribution in [0.2, 0.25) is 0 Å². The van der Waals surface area contributed by atoms with Gasteiger partial charge in [0.05, 0.1) is 13.7 Å². The van der Waals surface area contributed by atoms with E-state index in [1.165, 1.54) is 0 Å². The predicted molar refractivity (Wildman–Crippen MR) is 93.4 cm³/mol. The van der Waals surface area contributed by atoms with E-state index in [9.17, 15) is 0 Å². The summed E-state index contributed by atoms with van der Waals surface area (Å²) >= 11 is 3.49. The van der Waals surface area contributed by atoms with Gasteiger partial charge in [-0.05, 0) is 37.4 Å². The van der Waals surface area contributed by atoms with Crippen molar-refractivity contribution in [1.29, 1.82) is 0 Å². The molecular weight excluding hydrogens is 372 g/mol. The highest BCUT2D eigenvalue weighted by Crippen LogP contribution is 2.24. The molecule has 1 aromatic carbocycles. The molecule has 0 spiro atoms. The molecule has 0 fully saturated rings. The van der Waals surface area contributed by atoms with E-state index in [0.29, 0.717) is 30.5 Å². The molecule has 3 rings (SSSR count). The van der Waals surface area contributed by atoms with E-state index in [-0.39, 0.29) is 0 Å². The molecule has 0 saturated heterocycles. The second-order valence-electron chi connectivity index (χ2n) is 5.36. The number of nitrogens with zero attached hydrogens (tertiary/aromatic N) is 4. The summed E-state index contributed by atoms with van der Waals surface area (Å²) in [6.45, 7) is 1.24. The third-order valence-corrected chi connectivity index (χ3v) is 3.94. The van der Waals surface area contributed by atoms with Gasteiger partial charge in [-0.3, -0.25) is 9.88 Å². The minimum Gasteiger partial charge on any atom is -0.496 e. The zero-order chi connectivity index (χ0) is 16.9. The minimum atomic E-state index is 0.499. The molecular formula is C17H17BrN4O2. The third kappa shape index (κ3) is 3.98. The summed E-state index contributed by atoms with van der Waals surface area (Å²) in [6.07, 6.45) is 1.71. The Morgan fingerprint density at radius 3 is 2.83 bits per heavy atom. The summed E-state index contributed by atoms with van der Waals surface area (Å²) in [5.74, 6) is 1.90. The number of pyridine rings is 1. The Hall–Kier alpha value is -2.25. The summed E-state index contributed by atoms with van der Waals surface area (Å²) in [5.41, 5.74) is 1.78. The highest BCUT2D eigenvalue weighted by Gasteiger charge is 2.13. The number of methoxy groups -OCH3 is 1. The normalized spacial score (nSPS) is 11.0. The van der Waals surface area contributed by atoms with Gasteiger partial charge >= 0.3 is 0 Å². The Morgan fingerprint density at radius 1 is 1.21 bits per heavy atom. The zero-order valence-electron chi connectivity index (χ0n) is 13.4. The first kappa shape index (κ1) is 16.6. The van der Waals surface area contributed by atoms with Crippen molar-refractivity contribution in [2.75, 3.05) is 14.2 Å². The second-order valence-corrected chi connectivity index (χ2v) is 6.27. The van der Waals surface area contributed by atoms with Crippen molar-refractivity contribution in [3.63, 3.8) is 0 Å². The van der Waals surface area contributed by atoms with Gasteiger partial charge in [0.25, 0.3) is 0 Å². The maximum absolute atomic E-state index is 5.41. The molecule has 124 valence electrons. The van der Waals surface area contributed by atoms with Gasteiger partial charge in [0.1, 0.15) is 11.4 Å². The van der Waals surface area contributed by atoms with Crippen LogP contribution in [0.15, 0.2) is 51.6 Å². The first-order chi connectivity index (χ1) is 11.7. The number of rotatable bonds is 6. The summed E-state index contributed by atoms with van der Waals surface area (Å²) in [6, 6.07) is 11.5. The summed E-state index contributed by atoms with van der Waals surface area (Å²) in [4.78, 5) is 10.7. The minimum absolute atomic E-state index is 0.499. The lowest BCUT2D eigenvalue weighted by Crippen LogP contribution is -2.18.